The Morgan fingerprint density at radius 1 is 1.29 bits per heavy atom. The maximum Gasteiger partial charge on any atom is 0.237 e. The largest absolute Gasteiger partial charge is 0.396 e. The van der Waals surface area contributed by atoms with Crippen LogP contribution in [-0.2, 0) is 11.2 Å². The lowest BCUT2D eigenvalue weighted by atomic mass is 9.87. The fourth-order valence-corrected chi connectivity index (χ4v) is 4.32. The molecule has 132 valence electrons. The Balaban J connectivity index is 1.61. The summed E-state index contributed by atoms with van der Waals surface area (Å²) in [6.07, 6.45) is 6.51. The van der Waals surface area contributed by atoms with Gasteiger partial charge in [0, 0.05) is 20.2 Å². The molecule has 1 aliphatic heterocycles. The average molecular weight is 330 g/mol. The molecule has 24 heavy (non-hydrogen) atoms. The molecular weight excluding hydrogens is 300 g/mol. The SMILES string of the molecule is CN(C(=O)CN1CCCC(CCO)C1)C1CCCc2ccccc21. The molecule has 2 unspecified atom stereocenters. The number of nitrogens with zero attached hydrogens (tertiary/aromatic N) is 2. The van der Waals surface area contributed by atoms with E-state index in [9.17, 15) is 4.79 Å². The van der Waals surface area contributed by atoms with Crippen LogP contribution in [0.15, 0.2) is 24.3 Å². The number of fused-ring (bicyclic) bond motifs is 1. The molecule has 1 amide bonds. The van der Waals surface area contributed by atoms with E-state index in [1.165, 1.54) is 17.5 Å². The molecule has 4 heteroatoms. The van der Waals surface area contributed by atoms with Crippen LogP contribution >= 0.6 is 0 Å². The van der Waals surface area contributed by atoms with Gasteiger partial charge in [-0.2, -0.15) is 0 Å². The van der Waals surface area contributed by atoms with E-state index < -0.39 is 0 Å². The lowest BCUT2D eigenvalue weighted by molar-refractivity contribution is -0.134. The van der Waals surface area contributed by atoms with Crippen LogP contribution in [0.1, 0.15) is 49.3 Å². The topological polar surface area (TPSA) is 43.8 Å². The highest BCUT2D eigenvalue weighted by Gasteiger charge is 2.28. The van der Waals surface area contributed by atoms with Crippen LogP contribution in [0.4, 0.5) is 0 Å². The van der Waals surface area contributed by atoms with Crippen LogP contribution < -0.4 is 0 Å². The fourth-order valence-electron chi connectivity index (χ4n) is 4.32. The molecule has 1 N–H and O–H groups in total. The van der Waals surface area contributed by atoms with Gasteiger partial charge in [-0.05, 0) is 62.1 Å². The Hall–Kier alpha value is -1.39. The van der Waals surface area contributed by atoms with Gasteiger partial charge in [0.15, 0.2) is 0 Å². The molecule has 3 rings (SSSR count). The number of benzene rings is 1. The number of carbonyl (C=O) groups is 1. The van der Waals surface area contributed by atoms with Gasteiger partial charge in [-0.25, -0.2) is 0 Å². The Labute approximate surface area is 145 Å². The van der Waals surface area contributed by atoms with E-state index in [-0.39, 0.29) is 18.6 Å². The number of hydrogen-bond acceptors (Lipinski definition) is 3. The summed E-state index contributed by atoms with van der Waals surface area (Å²) in [5.74, 6) is 0.763. The number of hydrogen-bond donors (Lipinski definition) is 1. The molecule has 0 aromatic heterocycles. The molecule has 1 saturated heterocycles. The summed E-state index contributed by atoms with van der Waals surface area (Å²) in [5, 5.41) is 9.14. The predicted molar refractivity (Wildman–Crippen MR) is 95.8 cm³/mol. The van der Waals surface area contributed by atoms with Crippen LogP contribution in [0.5, 0.6) is 0 Å². The molecule has 1 aromatic rings. The molecule has 2 atom stereocenters. The van der Waals surface area contributed by atoms with Crippen LogP contribution in [-0.4, -0.2) is 54.1 Å². The van der Waals surface area contributed by atoms with Gasteiger partial charge >= 0.3 is 0 Å². The van der Waals surface area contributed by atoms with Crippen molar-refractivity contribution >= 4 is 5.91 Å². The van der Waals surface area contributed by atoms with Crippen LogP contribution in [0.25, 0.3) is 0 Å². The molecule has 1 aromatic carbocycles. The second-order valence-electron chi connectivity index (χ2n) is 7.37. The second-order valence-corrected chi connectivity index (χ2v) is 7.37. The van der Waals surface area contributed by atoms with Crippen molar-refractivity contribution in [1.82, 2.24) is 9.80 Å². The van der Waals surface area contributed by atoms with E-state index in [1.54, 1.807) is 0 Å². The number of carbonyl (C=O) groups excluding carboxylic acids is 1. The molecule has 0 bridgehead atoms. The zero-order chi connectivity index (χ0) is 16.9. The smallest absolute Gasteiger partial charge is 0.237 e. The molecule has 4 nitrogen and oxygen atoms in total. The number of piperidine rings is 1. The lowest BCUT2D eigenvalue weighted by Gasteiger charge is -2.36. The van der Waals surface area contributed by atoms with E-state index in [1.807, 2.05) is 11.9 Å². The summed E-state index contributed by atoms with van der Waals surface area (Å²) >= 11 is 0. The van der Waals surface area contributed by atoms with Crippen molar-refractivity contribution in [3.8, 4) is 0 Å². The minimum absolute atomic E-state index is 0.223. The summed E-state index contributed by atoms with van der Waals surface area (Å²) in [7, 11) is 1.96. The van der Waals surface area contributed by atoms with E-state index in [4.69, 9.17) is 5.11 Å². The minimum Gasteiger partial charge on any atom is -0.396 e. The van der Waals surface area contributed by atoms with E-state index >= 15 is 0 Å². The molecule has 2 aliphatic rings. The molecule has 1 heterocycles. The van der Waals surface area contributed by atoms with Gasteiger partial charge in [0.1, 0.15) is 0 Å². The summed E-state index contributed by atoms with van der Waals surface area (Å²) in [6, 6.07) is 8.78. The van der Waals surface area contributed by atoms with Crippen LogP contribution in [0.3, 0.4) is 0 Å². The van der Waals surface area contributed by atoms with Crippen molar-refractivity contribution in [2.45, 2.75) is 44.6 Å². The normalized spacial score (nSPS) is 24.4. The predicted octanol–water partition coefficient (Wildman–Crippen LogP) is 2.62. The van der Waals surface area contributed by atoms with Gasteiger partial charge in [0.25, 0.3) is 0 Å². The zero-order valence-corrected chi connectivity index (χ0v) is 14.8. The van der Waals surface area contributed by atoms with Gasteiger partial charge in [0.05, 0.1) is 12.6 Å². The Morgan fingerprint density at radius 2 is 2.12 bits per heavy atom. The first-order valence-electron chi connectivity index (χ1n) is 9.35. The molecule has 0 saturated carbocycles. The Kier molecular flexibility index (Phi) is 5.90. The van der Waals surface area contributed by atoms with Crippen molar-refractivity contribution in [3.63, 3.8) is 0 Å². The Bertz CT molecular complexity index is 558. The number of aryl methyl sites for hydroxylation is 1. The number of aliphatic hydroxyl groups is 1. The Morgan fingerprint density at radius 3 is 2.96 bits per heavy atom. The average Bonchev–Trinajstić information content (AvgIpc) is 2.61. The summed E-state index contributed by atoms with van der Waals surface area (Å²) in [5.41, 5.74) is 2.73. The van der Waals surface area contributed by atoms with Gasteiger partial charge in [0.2, 0.25) is 5.91 Å². The van der Waals surface area contributed by atoms with Crippen LogP contribution in [0.2, 0.25) is 0 Å². The first-order chi connectivity index (χ1) is 11.7. The number of likely N-dealkylation sites (tertiary alicyclic amines) is 1. The third-order valence-corrected chi connectivity index (χ3v) is 5.70. The quantitative estimate of drug-likeness (QED) is 0.902. The number of amides is 1. The van der Waals surface area contributed by atoms with Crippen LogP contribution in [0, 0.1) is 5.92 Å². The first-order valence-corrected chi connectivity index (χ1v) is 9.35. The highest BCUT2D eigenvalue weighted by Crippen LogP contribution is 2.33. The zero-order valence-electron chi connectivity index (χ0n) is 14.8. The summed E-state index contributed by atoms with van der Waals surface area (Å²) in [4.78, 5) is 17.1. The molecule has 1 fully saturated rings. The molecule has 1 aliphatic carbocycles. The van der Waals surface area contributed by atoms with E-state index in [0.29, 0.717) is 12.5 Å². The lowest BCUT2D eigenvalue weighted by Crippen LogP contribution is -2.44. The fraction of sp³-hybridized carbons (Fsp3) is 0.650. The number of rotatable bonds is 5. The van der Waals surface area contributed by atoms with Gasteiger partial charge < -0.3 is 10.0 Å². The molecular formula is C20H30N2O2. The third-order valence-electron chi connectivity index (χ3n) is 5.70. The third kappa shape index (κ3) is 3.98. The monoisotopic (exact) mass is 330 g/mol. The summed E-state index contributed by atoms with van der Waals surface area (Å²) in [6.45, 7) is 2.71. The summed E-state index contributed by atoms with van der Waals surface area (Å²) < 4.78 is 0. The van der Waals surface area contributed by atoms with Crippen molar-refractivity contribution in [2.75, 3.05) is 33.3 Å². The van der Waals surface area contributed by atoms with E-state index in [0.717, 1.165) is 45.2 Å². The minimum atomic E-state index is 0.223. The van der Waals surface area contributed by atoms with Crippen molar-refractivity contribution in [3.05, 3.63) is 35.4 Å². The highest BCUT2D eigenvalue weighted by molar-refractivity contribution is 5.78. The standard InChI is InChI=1S/C20H30N2O2/c1-21(19-10-4-8-17-7-2-3-9-18(17)19)20(24)15-22-12-5-6-16(14-22)11-13-23/h2-3,7,9,16,19,23H,4-6,8,10-15H2,1H3. The van der Waals surface area contributed by atoms with Crippen molar-refractivity contribution in [2.24, 2.45) is 5.92 Å². The van der Waals surface area contributed by atoms with Crippen molar-refractivity contribution in [1.29, 1.82) is 0 Å². The van der Waals surface area contributed by atoms with Gasteiger partial charge in [-0.1, -0.05) is 24.3 Å². The van der Waals surface area contributed by atoms with Gasteiger partial charge in [-0.15, -0.1) is 0 Å². The first kappa shape index (κ1) is 17.4. The second kappa shape index (κ2) is 8.13. The molecule has 0 spiro atoms. The molecule has 0 radical (unpaired) electrons. The maximum absolute atomic E-state index is 12.8. The van der Waals surface area contributed by atoms with Crippen molar-refractivity contribution < 1.29 is 9.90 Å². The van der Waals surface area contributed by atoms with E-state index in [2.05, 4.69) is 29.2 Å². The number of aliphatic hydroxyl groups excluding tert-OH is 1. The highest BCUT2D eigenvalue weighted by atomic mass is 16.3. The maximum atomic E-state index is 12.8. The number of likely N-dealkylation sites (N-methyl/N-ethyl adjacent to an activating group) is 1. The van der Waals surface area contributed by atoms with Gasteiger partial charge in [-0.3, -0.25) is 9.69 Å².